The Morgan fingerprint density at radius 3 is 2.61 bits per heavy atom. The summed E-state index contributed by atoms with van der Waals surface area (Å²) in [6, 6.07) is 10.0. The zero-order valence-corrected chi connectivity index (χ0v) is 16.2. The smallest absolute Gasteiger partial charge is 0.234 e. The maximum atomic E-state index is 13.7. The highest BCUT2D eigenvalue weighted by Crippen LogP contribution is 2.33. The highest BCUT2D eigenvalue weighted by atomic mass is 32.2. The van der Waals surface area contributed by atoms with Crippen molar-refractivity contribution >= 4 is 23.4 Å². The van der Waals surface area contributed by atoms with Crippen LogP contribution in [0.15, 0.2) is 53.9 Å². The van der Waals surface area contributed by atoms with Gasteiger partial charge in [0.1, 0.15) is 5.82 Å². The van der Waals surface area contributed by atoms with Gasteiger partial charge in [0, 0.05) is 18.3 Å². The van der Waals surface area contributed by atoms with Crippen LogP contribution in [0.2, 0.25) is 0 Å². The minimum atomic E-state index is -0.448. The van der Waals surface area contributed by atoms with Gasteiger partial charge in [-0.05, 0) is 37.1 Å². The van der Waals surface area contributed by atoms with Crippen LogP contribution in [0, 0.1) is 5.82 Å². The number of amides is 1. The minimum absolute atomic E-state index is 0.123. The van der Waals surface area contributed by atoms with Gasteiger partial charge in [-0.2, -0.15) is 0 Å². The number of hydrogen-bond acceptors (Lipinski definition) is 4. The largest absolute Gasteiger partial charge is 0.323 e. The molecule has 0 unspecified atom stereocenters. The van der Waals surface area contributed by atoms with Crippen LogP contribution in [0.5, 0.6) is 0 Å². The first kappa shape index (κ1) is 18.7. The van der Waals surface area contributed by atoms with E-state index in [0.717, 1.165) is 18.7 Å². The molecule has 0 radical (unpaired) electrons. The second-order valence-corrected chi connectivity index (χ2v) is 7.81. The Bertz CT molecular complexity index is 934. The highest BCUT2D eigenvalue weighted by Gasteiger charge is 2.24. The summed E-state index contributed by atoms with van der Waals surface area (Å²) in [6.45, 7) is 0. The highest BCUT2D eigenvalue weighted by molar-refractivity contribution is 7.99. The van der Waals surface area contributed by atoms with Crippen LogP contribution in [0.25, 0.3) is 0 Å². The number of aromatic nitrogens is 4. The van der Waals surface area contributed by atoms with Gasteiger partial charge in [-0.1, -0.05) is 43.2 Å². The zero-order chi connectivity index (χ0) is 19.3. The van der Waals surface area contributed by atoms with Gasteiger partial charge in [0.05, 0.1) is 11.4 Å². The Morgan fingerprint density at radius 1 is 1.11 bits per heavy atom. The Kier molecular flexibility index (Phi) is 5.76. The van der Waals surface area contributed by atoms with E-state index in [1.807, 2.05) is 33.9 Å². The van der Waals surface area contributed by atoms with Crippen molar-refractivity contribution in [3.8, 4) is 0 Å². The van der Waals surface area contributed by atoms with Gasteiger partial charge < -0.3 is 5.32 Å². The maximum Gasteiger partial charge on any atom is 0.234 e. The molecule has 0 saturated heterocycles. The standard InChI is InChI=1S/C20H22FN5OS/c21-16-10-4-5-11-17(16)22-18(27)14-28-20-24-23-19(15-8-2-1-3-9-15)26(20)25-12-6-7-13-25/h4-7,10-13,15H,1-3,8-9,14H2,(H,22,27). The molecule has 2 aromatic heterocycles. The first-order chi connectivity index (χ1) is 13.7. The summed E-state index contributed by atoms with van der Waals surface area (Å²) in [4.78, 5) is 12.3. The lowest BCUT2D eigenvalue weighted by molar-refractivity contribution is -0.113. The summed E-state index contributed by atoms with van der Waals surface area (Å²) in [5.74, 6) is 0.712. The minimum Gasteiger partial charge on any atom is -0.323 e. The summed E-state index contributed by atoms with van der Waals surface area (Å²) in [5.41, 5.74) is 0.183. The maximum absolute atomic E-state index is 13.7. The number of nitrogens with one attached hydrogen (secondary N) is 1. The van der Waals surface area contributed by atoms with E-state index in [2.05, 4.69) is 15.5 Å². The van der Waals surface area contributed by atoms with E-state index in [-0.39, 0.29) is 17.3 Å². The lowest BCUT2D eigenvalue weighted by Crippen LogP contribution is -2.18. The molecule has 0 atom stereocenters. The summed E-state index contributed by atoms with van der Waals surface area (Å²) < 4.78 is 17.6. The molecule has 6 nitrogen and oxygen atoms in total. The summed E-state index contributed by atoms with van der Waals surface area (Å²) in [6.07, 6.45) is 9.79. The van der Waals surface area contributed by atoms with E-state index in [1.54, 1.807) is 18.2 Å². The molecule has 0 aliphatic heterocycles. The number of rotatable bonds is 6. The van der Waals surface area contributed by atoms with Crippen molar-refractivity contribution < 1.29 is 9.18 Å². The molecule has 1 fully saturated rings. The lowest BCUT2D eigenvalue weighted by atomic mass is 9.89. The summed E-state index contributed by atoms with van der Waals surface area (Å²) in [5, 5.41) is 12.1. The fourth-order valence-electron chi connectivity index (χ4n) is 3.54. The van der Waals surface area contributed by atoms with E-state index in [9.17, 15) is 9.18 Å². The zero-order valence-electron chi connectivity index (χ0n) is 15.4. The molecule has 8 heteroatoms. The van der Waals surface area contributed by atoms with Gasteiger partial charge in [0.15, 0.2) is 5.82 Å². The lowest BCUT2D eigenvalue weighted by Gasteiger charge is -2.22. The van der Waals surface area contributed by atoms with Gasteiger partial charge in [-0.25, -0.2) is 9.07 Å². The first-order valence-electron chi connectivity index (χ1n) is 9.48. The molecular formula is C20H22FN5OS. The molecule has 1 saturated carbocycles. The van der Waals surface area contributed by atoms with Crippen molar-refractivity contribution in [1.29, 1.82) is 0 Å². The fourth-order valence-corrected chi connectivity index (χ4v) is 4.28. The summed E-state index contributed by atoms with van der Waals surface area (Å²) >= 11 is 1.30. The predicted octanol–water partition coefficient (Wildman–Crippen LogP) is 4.31. The molecule has 4 rings (SSSR count). The molecule has 146 valence electrons. The molecule has 1 aliphatic carbocycles. The molecule has 1 N–H and O–H groups in total. The van der Waals surface area contributed by atoms with Crippen LogP contribution in [0.3, 0.4) is 0 Å². The first-order valence-corrected chi connectivity index (χ1v) is 10.5. The van der Waals surface area contributed by atoms with Gasteiger partial charge in [0.25, 0.3) is 0 Å². The van der Waals surface area contributed by atoms with E-state index >= 15 is 0 Å². The molecule has 3 aromatic rings. The number of nitrogens with zero attached hydrogens (tertiary/aromatic N) is 4. The van der Waals surface area contributed by atoms with Crippen LogP contribution in [0.1, 0.15) is 43.8 Å². The van der Waals surface area contributed by atoms with E-state index in [4.69, 9.17) is 0 Å². The third-order valence-electron chi connectivity index (χ3n) is 4.91. The SMILES string of the molecule is O=C(CSc1nnc(C2CCCCC2)n1-n1cccc1)Nc1ccccc1F. The fraction of sp³-hybridized carbons (Fsp3) is 0.350. The van der Waals surface area contributed by atoms with Gasteiger partial charge in [0.2, 0.25) is 11.1 Å². The number of halogens is 1. The second kappa shape index (κ2) is 8.60. The monoisotopic (exact) mass is 399 g/mol. The van der Waals surface area contributed by atoms with Crippen LogP contribution in [-0.4, -0.2) is 31.2 Å². The molecule has 0 spiro atoms. The topological polar surface area (TPSA) is 64.7 Å². The molecule has 1 aromatic carbocycles. The number of anilines is 1. The Labute approximate surface area is 167 Å². The van der Waals surface area contributed by atoms with Crippen molar-refractivity contribution in [2.75, 3.05) is 11.1 Å². The van der Waals surface area contributed by atoms with Crippen LogP contribution >= 0.6 is 11.8 Å². The number of benzene rings is 1. The van der Waals surface area contributed by atoms with Crippen molar-refractivity contribution in [1.82, 2.24) is 19.5 Å². The normalized spacial score (nSPS) is 14.9. The number of para-hydroxylation sites is 1. The van der Waals surface area contributed by atoms with Crippen LogP contribution < -0.4 is 5.32 Å². The third kappa shape index (κ3) is 4.11. The van der Waals surface area contributed by atoms with Crippen molar-refractivity contribution in [2.45, 2.75) is 43.2 Å². The van der Waals surface area contributed by atoms with E-state index < -0.39 is 5.82 Å². The number of carbonyl (C=O) groups is 1. The molecule has 28 heavy (non-hydrogen) atoms. The van der Waals surface area contributed by atoms with Crippen molar-refractivity contribution in [3.63, 3.8) is 0 Å². The van der Waals surface area contributed by atoms with E-state index in [1.165, 1.54) is 37.1 Å². The quantitative estimate of drug-likeness (QED) is 0.628. The average molecular weight is 399 g/mol. The predicted molar refractivity (Wildman–Crippen MR) is 107 cm³/mol. The average Bonchev–Trinajstić information content (AvgIpc) is 3.38. The van der Waals surface area contributed by atoms with Gasteiger partial charge in [-0.15, -0.1) is 10.2 Å². The van der Waals surface area contributed by atoms with Crippen LogP contribution in [0.4, 0.5) is 10.1 Å². The Hall–Kier alpha value is -2.61. The molecule has 0 bridgehead atoms. The van der Waals surface area contributed by atoms with Gasteiger partial charge >= 0.3 is 0 Å². The molecular weight excluding hydrogens is 377 g/mol. The van der Waals surface area contributed by atoms with Crippen LogP contribution in [-0.2, 0) is 4.79 Å². The molecule has 1 aliphatic rings. The molecule has 2 heterocycles. The number of thioether (sulfide) groups is 1. The number of carbonyl (C=O) groups excluding carboxylic acids is 1. The number of hydrogen-bond donors (Lipinski definition) is 1. The van der Waals surface area contributed by atoms with Crippen molar-refractivity contribution in [2.24, 2.45) is 0 Å². The Morgan fingerprint density at radius 2 is 1.86 bits per heavy atom. The summed E-state index contributed by atoms with van der Waals surface area (Å²) in [7, 11) is 0. The molecule has 1 amide bonds. The van der Waals surface area contributed by atoms with Crippen molar-refractivity contribution in [3.05, 3.63) is 60.4 Å². The third-order valence-corrected chi connectivity index (χ3v) is 5.83. The van der Waals surface area contributed by atoms with Gasteiger partial charge in [-0.3, -0.25) is 9.47 Å². The Balaban J connectivity index is 1.50. The second-order valence-electron chi connectivity index (χ2n) is 6.87. The van der Waals surface area contributed by atoms with E-state index in [0.29, 0.717) is 11.1 Å².